The maximum absolute atomic E-state index is 12.6. The fourth-order valence-corrected chi connectivity index (χ4v) is 3.33. The minimum absolute atomic E-state index is 0.108. The summed E-state index contributed by atoms with van der Waals surface area (Å²) in [6.07, 6.45) is 5.61. The van der Waals surface area contributed by atoms with Crippen LogP contribution in [0.2, 0.25) is 0 Å². The Hall–Kier alpha value is -2.21. The van der Waals surface area contributed by atoms with Crippen molar-refractivity contribution >= 4 is 5.91 Å². The van der Waals surface area contributed by atoms with Crippen molar-refractivity contribution in [3.63, 3.8) is 0 Å². The van der Waals surface area contributed by atoms with E-state index in [2.05, 4.69) is 9.97 Å². The van der Waals surface area contributed by atoms with Crippen molar-refractivity contribution in [2.75, 3.05) is 20.2 Å². The van der Waals surface area contributed by atoms with Crippen molar-refractivity contribution in [2.24, 2.45) is 7.05 Å². The van der Waals surface area contributed by atoms with E-state index in [1.165, 1.54) is 0 Å². The van der Waals surface area contributed by atoms with Gasteiger partial charge in [-0.15, -0.1) is 0 Å². The third-order valence-corrected chi connectivity index (χ3v) is 4.65. The molecule has 1 amide bonds. The molecule has 0 bridgehead atoms. The highest BCUT2D eigenvalue weighted by Crippen LogP contribution is 2.29. The summed E-state index contributed by atoms with van der Waals surface area (Å²) in [4.78, 5) is 23.5. The second-order valence-corrected chi connectivity index (χ2v) is 6.33. The molecular formula is C18H24N4O2. The Labute approximate surface area is 142 Å². The molecule has 24 heavy (non-hydrogen) atoms. The maximum Gasteiger partial charge on any atom is 0.270 e. The van der Waals surface area contributed by atoms with Crippen molar-refractivity contribution in [1.29, 1.82) is 0 Å². The van der Waals surface area contributed by atoms with Crippen LogP contribution in [0.5, 0.6) is 0 Å². The van der Waals surface area contributed by atoms with Gasteiger partial charge in [0.1, 0.15) is 11.5 Å². The van der Waals surface area contributed by atoms with E-state index in [9.17, 15) is 4.79 Å². The zero-order valence-corrected chi connectivity index (χ0v) is 14.5. The topological polar surface area (TPSA) is 60.3 Å². The summed E-state index contributed by atoms with van der Waals surface area (Å²) in [5.41, 5.74) is 2.87. The van der Waals surface area contributed by atoms with Gasteiger partial charge >= 0.3 is 0 Å². The van der Waals surface area contributed by atoms with Crippen LogP contribution >= 0.6 is 0 Å². The molecule has 0 N–H and O–H groups in total. The Morgan fingerprint density at radius 1 is 1.38 bits per heavy atom. The summed E-state index contributed by atoms with van der Waals surface area (Å²) in [6.45, 7) is 3.94. The minimum Gasteiger partial charge on any atom is -0.380 e. The van der Waals surface area contributed by atoms with Gasteiger partial charge in [0.05, 0.1) is 12.3 Å². The van der Waals surface area contributed by atoms with E-state index in [4.69, 9.17) is 4.74 Å². The summed E-state index contributed by atoms with van der Waals surface area (Å²) in [5.74, 6) is 1.25. The Kier molecular flexibility index (Phi) is 4.94. The highest BCUT2D eigenvalue weighted by atomic mass is 16.5. The van der Waals surface area contributed by atoms with Crippen molar-refractivity contribution in [1.82, 2.24) is 19.4 Å². The molecule has 0 radical (unpaired) electrons. The molecule has 1 fully saturated rings. The number of amides is 1. The van der Waals surface area contributed by atoms with Gasteiger partial charge in [-0.3, -0.25) is 4.79 Å². The molecule has 0 saturated carbocycles. The fraction of sp³-hybridized carbons (Fsp3) is 0.500. The van der Waals surface area contributed by atoms with Crippen LogP contribution in [-0.4, -0.2) is 45.5 Å². The van der Waals surface area contributed by atoms with E-state index >= 15 is 0 Å². The first kappa shape index (κ1) is 16.6. The molecule has 0 aromatic carbocycles. The first-order valence-electron chi connectivity index (χ1n) is 8.32. The monoisotopic (exact) mass is 328 g/mol. The number of carbonyl (C=O) groups is 1. The van der Waals surface area contributed by atoms with Crippen molar-refractivity contribution in [3.05, 3.63) is 47.3 Å². The number of likely N-dealkylation sites (tertiary alicyclic amines) is 1. The maximum atomic E-state index is 12.6. The number of aromatic nitrogens is 3. The number of aryl methyl sites for hydroxylation is 2. The predicted molar refractivity (Wildman–Crippen MR) is 90.8 cm³/mol. The number of carbonyl (C=O) groups excluding carboxylic acids is 1. The summed E-state index contributed by atoms with van der Waals surface area (Å²) in [5, 5.41) is 0. The third kappa shape index (κ3) is 3.33. The van der Waals surface area contributed by atoms with Crippen LogP contribution in [0.4, 0.5) is 0 Å². The molecule has 1 aliphatic rings. The Morgan fingerprint density at radius 2 is 2.12 bits per heavy atom. The van der Waals surface area contributed by atoms with Gasteiger partial charge in [0.25, 0.3) is 5.91 Å². The van der Waals surface area contributed by atoms with Gasteiger partial charge in [0.2, 0.25) is 0 Å². The van der Waals surface area contributed by atoms with Gasteiger partial charge in [-0.05, 0) is 31.9 Å². The zero-order valence-electron chi connectivity index (χ0n) is 14.5. The highest BCUT2D eigenvalue weighted by Gasteiger charge is 2.27. The van der Waals surface area contributed by atoms with Crippen LogP contribution < -0.4 is 0 Å². The molecule has 2 aromatic heterocycles. The van der Waals surface area contributed by atoms with Crippen LogP contribution in [0, 0.1) is 6.92 Å². The first-order chi connectivity index (χ1) is 11.6. The van der Waals surface area contributed by atoms with Crippen molar-refractivity contribution < 1.29 is 9.53 Å². The number of hydrogen-bond donors (Lipinski definition) is 0. The molecular weight excluding hydrogens is 304 g/mol. The lowest BCUT2D eigenvalue weighted by Gasteiger charge is -2.32. The number of piperidine rings is 1. The second-order valence-electron chi connectivity index (χ2n) is 6.33. The van der Waals surface area contributed by atoms with Gasteiger partial charge in [0, 0.05) is 51.1 Å². The van der Waals surface area contributed by atoms with Crippen LogP contribution in [0.3, 0.4) is 0 Å². The molecule has 0 atom stereocenters. The molecule has 3 heterocycles. The van der Waals surface area contributed by atoms with E-state index in [1.54, 1.807) is 7.11 Å². The average molecular weight is 328 g/mol. The van der Waals surface area contributed by atoms with Gasteiger partial charge in [-0.2, -0.15) is 0 Å². The van der Waals surface area contributed by atoms with Gasteiger partial charge in [-0.25, -0.2) is 9.97 Å². The molecule has 6 heteroatoms. The van der Waals surface area contributed by atoms with Gasteiger partial charge < -0.3 is 14.2 Å². The first-order valence-corrected chi connectivity index (χ1v) is 8.32. The van der Waals surface area contributed by atoms with E-state index in [0.717, 1.165) is 48.7 Å². The molecule has 0 unspecified atom stereocenters. The lowest BCUT2D eigenvalue weighted by molar-refractivity contribution is 0.0701. The van der Waals surface area contributed by atoms with Crippen LogP contribution in [0.15, 0.2) is 24.5 Å². The number of methoxy groups -OCH3 is 1. The molecule has 6 nitrogen and oxygen atoms in total. The summed E-state index contributed by atoms with van der Waals surface area (Å²) in [6, 6.07) is 3.78. The summed E-state index contributed by atoms with van der Waals surface area (Å²) < 4.78 is 7.15. The quantitative estimate of drug-likeness (QED) is 0.864. The SMILES string of the molecule is COCc1cnc(C)nc1C1CCN(C(=O)c2cccn2C)CC1. The minimum atomic E-state index is 0.108. The second kappa shape index (κ2) is 7.13. The molecule has 3 rings (SSSR count). The zero-order chi connectivity index (χ0) is 17.1. The standard InChI is InChI=1S/C18H24N4O2/c1-13-19-11-15(12-24-3)17(20-13)14-6-9-22(10-7-14)18(23)16-5-4-8-21(16)2/h4-5,8,11,14H,6-7,9-10,12H2,1-3H3. The molecule has 2 aromatic rings. The Morgan fingerprint density at radius 3 is 2.75 bits per heavy atom. The van der Waals surface area contributed by atoms with Crippen molar-refractivity contribution in [3.8, 4) is 0 Å². The number of hydrogen-bond acceptors (Lipinski definition) is 4. The average Bonchev–Trinajstić information content (AvgIpc) is 3.02. The Balaban J connectivity index is 1.70. The number of ether oxygens (including phenoxy) is 1. The molecule has 0 aliphatic carbocycles. The van der Waals surface area contributed by atoms with E-state index in [-0.39, 0.29) is 5.91 Å². The molecule has 0 spiro atoms. The fourth-order valence-electron chi connectivity index (χ4n) is 3.33. The van der Waals surface area contributed by atoms with Gasteiger partial charge in [0.15, 0.2) is 0 Å². The van der Waals surface area contributed by atoms with Gasteiger partial charge in [-0.1, -0.05) is 0 Å². The van der Waals surface area contributed by atoms with Crippen LogP contribution in [0.1, 0.15) is 46.3 Å². The third-order valence-electron chi connectivity index (χ3n) is 4.65. The van der Waals surface area contributed by atoms with Crippen LogP contribution in [0.25, 0.3) is 0 Å². The summed E-state index contributed by atoms with van der Waals surface area (Å²) in [7, 11) is 3.59. The molecule has 128 valence electrons. The van der Waals surface area contributed by atoms with Crippen LogP contribution in [-0.2, 0) is 18.4 Å². The predicted octanol–water partition coefficient (Wildman–Crippen LogP) is 2.29. The van der Waals surface area contributed by atoms with E-state index < -0.39 is 0 Å². The number of rotatable bonds is 4. The largest absolute Gasteiger partial charge is 0.380 e. The molecule has 1 aliphatic heterocycles. The Bertz CT molecular complexity index is 718. The number of nitrogens with zero attached hydrogens (tertiary/aromatic N) is 4. The van der Waals surface area contributed by atoms with E-state index in [1.807, 2.05) is 48.0 Å². The van der Waals surface area contributed by atoms with E-state index in [0.29, 0.717) is 12.5 Å². The highest BCUT2D eigenvalue weighted by molar-refractivity contribution is 5.92. The normalized spacial score (nSPS) is 15.7. The lowest BCUT2D eigenvalue weighted by Crippen LogP contribution is -2.39. The smallest absolute Gasteiger partial charge is 0.270 e. The lowest BCUT2D eigenvalue weighted by atomic mass is 9.90. The molecule has 1 saturated heterocycles. The van der Waals surface area contributed by atoms with Crippen molar-refractivity contribution in [2.45, 2.75) is 32.3 Å². The summed E-state index contributed by atoms with van der Waals surface area (Å²) >= 11 is 0.